The molecule has 0 atom stereocenters. The summed E-state index contributed by atoms with van der Waals surface area (Å²) >= 11 is 9.60. The summed E-state index contributed by atoms with van der Waals surface area (Å²) < 4.78 is 0. The molecule has 1 heterocycles. The van der Waals surface area contributed by atoms with Crippen LogP contribution < -0.4 is 0 Å². The molecule has 4 heteroatoms. The summed E-state index contributed by atoms with van der Waals surface area (Å²) in [7, 11) is 0. The van der Waals surface area contributed by atoms with Gasteiger partial charge in [0, 0.05) is 12.2 Å². The van der Waals surface area contributed by atoms with Crippen LogP contribution in [-0.2, 0) is 0 Å². The lowest BCUT2D eigenvalue weighted by atomic mass is 10.3. The Morgan fingerprint density at radius 3 is 2.92 bits per heavy atom. The molecule has 0 saturated heterocycles. The molecule has 0 aliphatic heterocycles. The molecule has 0 aliphatic carbocycles. The summed E-state index contributed by atoms with van der Waals surface area (Å²) in [5, 5.41) is 9.14. The van der Waals surface area contributed by atoms with Gasteiger partial charge in [0.25, 0.3) is 0 Å². The van der Waals surface area contributed by atoms with Crippen LogP contribution in [-0.4, -0.2) is 15.8 Å². The minimum absolute atomic E-state index is 0.0265. The maximum atomic E-state index is 9.06. The minimum Gasteiger partial charge on any atom is -0.505 e. The summed E-state index contributed by atoms with van der Waals surface area (Å²) in [6, 6.07) is 3.09. The van der Waals surface area contributed by atoms with E-state index in [0.717, 1.165) is 5.75 Å². The van der Waals surface area contributed by atoms with Gasteiger partial charge in [-0.1, -0.05) is 17.5 Å². The lowest BCUT2D eigenvalue weighted by Gasteiger charge is -1.94. The highest BCUT2D eigenvalue weighted by molar-refractivity contribution is 7.80. The van der Waals surface area contributed by atoms with Gasteiger partial charge in [0.2, 0.25) is 0 Å². The molecule has 1 rings (SSSR count). The van der Waals surface area contributed by atoms with Crippen LogP contribution in [0, 0.1) is 11.8 Å². The Morgan fingerprint density at radius 1 is 1.54 bits per heavy atom. The number of thiol groups is 1. The van der Waals surface area contributed by atoms with E-state index in [4.69, 9.17) is 16.7 Å². The first-order valence-corrected chi connectivity index (χ1v) is 4.70. The van der Waals surface area contributed by atoms with Crippen LogP contribution in [0.5, 0.6) is 5.75 Å². The largest absolute Gasteiger partial charge is 0.505 e. The van der Waals surface area contributed by atoms with Crippen LogP contribution in [0.15, 0.2) is 12.1 Å². The molecule has 1 aromatic rings. The second-order valence-corrected chi connectivity index (χ2v) is 3.09. The normalized spacial score (nSPS) is 9.08. The molecule has 0 bridgehead atoms. The zero-order chi connectivity index (χ0) is 9.68. The molecule has 0 fully saturated rings. The third-order valence-corrected chi connectivity index (χ3v) is 1.78. The van der Waals surface area contributed by atoms with Gasteiger partial charge in [-0.15, -0.1) is 0 Å². The Bertz CT molecular complexity index is 356. The molecule has 2 nitrogen and oxygen atoms in total. The highest BCUT2D eigenvalue weighted by Crippen LogP contribution is 2.19. The van der Waals surface area contributed by atoms with E-state index in [9.17, 15) is 0 Å². The van der Waals surface area contributed by atoms with E-state index in [1.165, 1.54) is 6.07 Å². The van der Waals surface area contributed by atoms with Crippen molar-refractivity contribution in [2.45, 2.75) is 6.42 Å². The van der Waals surface area contributed by atoms with E-state index >= 15 is 0 Å². The van der Waals surface area contributed by atoms with Crippen molar-refractivity contribution in [2.24, 2.45) is 0 Å². The Hall–Kier alpha value is -0.850. The average molecular weight is 214 g/mol. The predicted octanol–water partition coefficient (Wildman–Crippen LogP) is 2.11. The molecule has 68 valence electrons. The minimum atomic E-state index is -0.0265. The Morgan fingerprint density at radius 2 is 2.31 bits per heavy atom. The standard InChI is InChI=1S/C9H8ClNOS/c10-9-8(12)5-4-7(11-9)3-1-2-6-13/h4-5,12-13H,2,6H2. The van der Waals surface area contributed by atoms with Crippen molar-refractivity contribution < 1.29 is 5.11 Å². The van der Waals surface area contributed by atoms with E-state index in [1.54, 1.807) is 6.07 Å². The first-order valence-electron chi connectivity index (χ1n) is 3.69. The number of hydrogen-bond donors (Lipinski definition) is 2. The maximum Gasteiger partial charge on any atom is 0.172 e. The number of pyridine rings is 1. The van der Waals surface area contributed by atoms with E-state index in [2.05, 4.69) is 29.5 Å². The fourth-order valence-corrected chi connectivity index (χ4v) is 0.971. The van der Waals surface area contributed by atoms with Gasteiger partial charge in [0.1, 0.15) is 5.69 Å². The van der Waals surface area contributed by atoms with Gasteiger partial charge >= 0.3 is 0 Å². The monoisotopic (exact) mass is 213 g/mol. The third kappa shape index (κ3) is 3.17. The quantitative estimate of drug-likeness (QED) is 0.426. The number of halogens is 1. The van der Waals surface area contributed by atoms with E-state index < -0.39 is 0 Å². The molecule has 1 N–H and O–H groups in total. The Balaban J connectivity index is 2.81. The molecule has 0 aliphatic rings. The predicted molar refractivity (Wildman–Crippen MR) is 56.3 cm³/mol. The van der Waals surface area contributed by atoms with Gasteiger partial charge in [-0.05, 0) is 18.1 Å². The number of aromatic hydroxyl groups is 1. The average Bonchev–Trinajstić information content (AvgIpc) is 2.12. The summed E-state index contributed by atoms with van der Waals surface area (Å²) in [5.41, 5.74) is 0.560. The van der Waals surface area contributed by atoms with E-state index in [1.807, 2.05) is 0 Å². The summed E-state index contributed by atoms with van der Waals surface area (Å²) in [6.07, 6.45) is 0.712. The van der Waals surface area contributed by atoms with Crippen LogP contribution in [0.4, 0.5) is 0 Å². The van der Waals surface area contributed by atoms with Gasteiger partial charge < -0.3 is 5.11 Å². The second kappa shape index (κ2) is 5.00. The second-order valence-electron chi connectivity index (χ2n) is 2.28. The number of nitrogens with zero attached hydrogens (tertiary/aromatic N) is 1. The maximum absolute atomic E-state index is 9.06. The van der Waals surface area contributed by atoms with Crippen LogP contribution >= 0.6 is 24.2 Å². The van der Waals surface area contributed by atoms with Gasteiger partial charge in [-0.25, -0.2) is 4.98 Å². The fraction of sp³-hybridized carbons (Fsp3) is 0.222. The number of hydrogen-bond acceptors (Lipinski definition) is 3. The van der Waals surface area contributed by atoms with Crippen LogP contribution in [0.3, 0.4) is 0 Å². The fourth-order valence-electron chi connectivity index (χ4n) is 0.706. The van der Waals surface area contributed by atoms with Crippen molar-refractivity contribution >= 4 is 24.2 Å². The summed E-state index contributed by atoms with van der Waals surface area (Å²) in [4.78, 5) is 3.86. The molecule has 0 aromatic carbocycles. The zero-order valence-corrected chi connectivity index (χ0v) is 8.44. The van der Waals surface area contributed by atoms with Crippen LogP contribution in [0.1, 0.15) is 12.1 Å². The van der Waals surface area contributed by atoms with Crippen molar-refractivity contribution in [3.63, 3.8) is 0 Å². The van der Waals surface area contributed by atoms with Crippen molar-refractivity contribution in [2.75, 3.05) is 5.75 Å². The van der Waals surface area contributed by atoms with Crippen molar-refractivity contribution in [1.82, 2.24) is 4.98 Å². The molecular formula is C9H8ClNOS. The van der Waals surface area contributed by atoms with Crippen molar-refractivity contribution in [3.05, 3.63) is 23.0 Å². The first-order chi connectivity index (χ1) is 6.24. The highest BCUT2D eigenvalue weighted by atomic mass is 35.5. The van der Waals surface area contributed by atoms with Gasteiger partial charge in [-0.3, -0.25) is 0 Å². The van der Waals surface area contributed by atoms with Crippen LogP contribution in [0.2, 0.25) is 5.15 Å². The topological polar surface area (TPSA) is 33.1 Å². The molecule has 0 unspecified atom stereocenters. The highest BCUT2D eigenvalue weighted by Gasteiger charge is 1.98. The lowest BCUT2D eigenvalue weighted by Crippen LogP contribution is -1.82. The zero-order valence-electron chi connectivity index (χ0n) is 6.79. The number of rotatable bonds is 1. The van der Waals surface area contributed by atoms with Crippen molar-refractivity contribution in [1.29, 1.82) is 0 Å². The van der Waals surface area contributed by atoms with Gasteiger partial charge in [0.15, 0.2) is 10.9 Å². The molecule has 0 radical (unpaired) electrons. The first kappa shape index (κ1) is 10.2. The van der Waals surface area contributed by atoms with Crippen LogP contribution in [0.25, 0.3) is 0 Å². The Labute approximate surface area is 87.4 Å². The Kier molecular flexibility index (Phi) is 3.94. The summed E-state index contributed by atoms with van der Waals surface area (Å²) in [6.45, 7) is 0. The smallest absolute Gasteiger partial charge is 0.172 e. The lowest BCUT2D eigenvalue weighted by molar-refractivity contribution is 0.473. The molecule has 0 saturated carbocycles. The molecule has 0 spiro atoms. The summed E-state index contributed by atoms with van der Waals surface area (Å²) in [5.74, 6) is 6.37. The molecule has 13 heavy (non-hydrogen) atoms. The third-order valence-electron chi connectivity index (χ3n) is 1.28. The van der Waals surface area contributed by atoms with Gasteiger partial charge in [0.05, 0.1) is 0 Å². The molecular weight excluding hydrogens is 206 g/mol. The van der Waals surface area contributed by atoms with Crippen molar-refractivity contribution in [3.8, 4) is 17.6 Å². The number of aromatic nitrogens is 1. The van der Waals surface area contributed by atoms with Gasteiger partial charge in [-0.2, -0.15) is 12.6 Å². The SMILES string of the molecule is Oc1ccc(C#CCCS)nc1Cl. The van der Waals surface area contributed by atoms with E-state index in [-0.39, 0.29) is 10.9 Å². The molecule has 0 amide bonds. The molecule has 1 aromatic heterocycles. The van der Waals surface area contributed by atoms with E-state index in [0.29, 0.717) is 12.1 Å².